The lowest BCUT2D eigenvalue weighted by Gasteiger charge is -2.24. The maximum absolute atomic E-state index is 12.5. The van der Waals surface area contributed by atoms with E-state index < -0.39 is 0 Å². The Morgan fingerprint density at radius 2 is 2.08 bits per heavy atom. The number of carbonyl (C=O) groups excluding carboxylic acids is 1. The van der Waals surface area contributed by atoms with Crippen LogP contribution in [0.15, 0.2) is 35.4 Å². The molecule has 0 bridgehead atoms. The van der Waals surface area contributed by atoms with Gasteiger partial charge in [-0.1, -0.05) is 26.7 Å². The van der Waals surface area contributed by atoms with Gasteiger partial charge in [0.15, 0.2) is 0 Å². The average Bonchev–Trinajstić information content (AvgIpc) is 3.14. The third-order valence-corrected chi connectivity index (χ3v) is 4.71. The predicted molar refractivity (Wildman–Crippen MR) is 95.8 cm³/mol. The molecule has 0 aliphatic heterocycles. The summed E-state index contributed by atoms with van der Waals surface area (Å²) in [6.07, 6.45) is 7.44. The topological polar surface area (TPSA) is 87.7 Å². The lowest BCUT2D eigenvalue weighted by molar-refractivity contribution is -0.125. The molecule has 1 amide bonds. The van der Waals surface area contributed by atoms with Gasteiger partial charge in [0.1, 0.15) is 5.82 Å². The number of H-pyrrole nitrogens is 1. The van der Waals surface area contributed by atoms with Crippen LogP contribution in [0.25, 0.3) is 11.4 Å². The molecule has 2 aromatic rings. The van der Waals surface area contributed by atoms with Crippen LogP contribution < -0.4 is 10.9 Å². The zero-order chi connectivity index (χ0) is 17.8. The van der Waals surface area contributed by atoms with Crippen molar-refractivity contribution in [2.75, 3.05) is 0 Å². The van der Waals surface area contributed by atoms with E-state index in [1.165, 1.54) is 6.07 Å². The van der Waals surface area contributed by atoms with E-state index in [9.17, 15) is 9.59 Å². The van der Waals surface area contributed by atoms with Crippen LogP contribution in [0, 0.1) is 11.8 Å². The second kappa shape index (κ2) is 7.59. The Bertz CT molecular complexity index is 780. The summed E-state index contributed by atoms with van der Waals surface area (Å²) in [5.41, 5.74) is 1.10. The number of carbonyl (C=O) groups is 1. The number of hydrogen-bond acceptors (Lipinski definition) is 4. The highest BCUT2D eigenvalue weighted by molar-refractivity contribution is 5.79. The first kappa shape index (κ1) is 17.3. The molecule has 1 atom stereocenters. The van der Waals surface area contributed by atoms with Crippen molar-refractivity contribution >= 4 is 5.91 Å². The van der Waals surface area contributed by atoms with Crippen LogP contribution in [0.1, 0.15) is 51.3 Å². The molecule has 25 heavy (non-hydrogen) atoms. The Hall–Kier alpha value is -2.50. The molecule has 1 aliphatic carbocycles. The molecule has 1 fully saturated rings. The molecule has 0 spiro atoms. The van der Waals surface area contributed by atoms with Crippen LogP contribution in [-0.2, 0) is 4.79 Å². The molecule has 1 saturated carbocycles. The number of hydrogen-bond donors (Lipinski definition) is 2. The van der Waals surface area contributed by atoms with Crippen molar-refractivity contribution in [2.45, 2.75) is 45.6 Å². The standard InChI is InChI=1S/C19H24N4O2/c1-12(2)17(23-19(25)13-6-3-4-7-13)15-10-16(24)22-18(21-15)14-8-5-9-20-11-14/h5,8-13,17H,3-4,6-7H2,1-2H3,(H,23,25)(H,21,22,24). The van der Waals surface area contributed by atoms with Crippen LogP contribution in [0.3, 0.4) is 0 Å². The van der Waals surface area contributed by atoms with Gasteiger partial charge in [-0.05, 0) is 30.9 Å². The van der Waals surface area contributed by atoms with Gasteiger partial charge in [0.25, 0.3) is 5.56 Å². The molecular formula is C19H24N4O2. The molecule has 2 aromatic heterocycles. The molecule has 0 saturated heterocycles. The molecule has 3 rings (SSSR count). The van der Waals surface area contributed by atoms with E-state index in [2.05, 4.69) is 20.3 Å². The van der Waals surface area contributed by atoms with Crippen molar-refractivity contribution in [2.24, 2.45) is 11.8 Å². The number of nitrogens with one attached hydrogen (secondary N) is 2. The maximum atomic E-state index is 12.5. The average molecular weight is 340 g/mol. The Labute approximate surface area is 147 Å². The van der Waals surface area contributed by atoms with E-state index in [1.807, 2.05) is 19.9 Å². The fraction of sp³-hybridized carbons (Fsp3) is 0.474. The summed E-state index contributed by atoms with van der Waals surface area (Å²) in [4.78, 5) is 36.1. The summed E-state index contributed by atoms with van der Waals surface area (Å²) >= 11 is 0. The third-order valence-electron chi connectivity index (χ3n) is 4.71. The van der Waals surface area contributed by atoms with Crippen molar-refractivity contribution in [3.05, 3.63) is 46.6 Å². The first-order valence-electron chi connectivity index (χ1n) is 8.86. The number of amides is 1. The van der Waals surface area contributed by atoms with Crippen LogP contribution in [0.4, 0.5) is 0 Å². The predicted octanol–water partition coefficient (Wildman–Crippen LogP) is 2.84. The summed E-state index contributed by atoms with van der Waals surface area (Å²) in [6.45, 7) is 4.04. The Morgan fingerprint density at radius 3 is 2.72 bits per heavy atom. The lowest BCUT2D eigenvalue weighted by Crippen LogP contribution is -2.36. The molecule has 6 heteroatoms. The van der Waals surface area contributed by atoms with Gasteiger partial charge in [-0.15, -0.1) is 0 Å². The van der Waals surface area contributed by atoms with Gasteiger partial charge >= 0.3 is 0 Å². The summed E-state index contributed by atoms with van der Waals surface area (Å²) in [5, 5.41) is 3.11. The van der Waals surface area contributed by atoms with Crippen LogP contribution in [-0.4, -0.2) is 20.9 Å². The molecular weight excluding hydrogens is 316 g/mol. The molecule has 2 N–H and O–H groups in total. The minimum atomic E-state index is -0.286. The van der Waals surface area contributed by atoms with Crippen LogP contribution >= 0.6 is 0 Å². The Balaban J connectivity index is 1.89. The third kappa shape index (κ3) is 4.13. The largest absolute Gasteiger partial charge is 0.347 e. The smallest absolute Gasteiger partial charge is 0.251 e. The minimum Gasteiger partial charge on any atom is -0.347 e. The summed E-state index contributed by atoms with van der Waals surface area (Å²) < 4.78 is 0. The quantitative estimate of drug-likeness (QED) is 0.876. The van der Waals surface area contributed by atoms with Gasteiger partial charge in [0.05, 0.1) is 11.7 Å². The summed E-state index contributed by atoms with van der Waals surface area (Å²) in [7, 11) is 0. The van der Waals surface area contributed by atoms with Crippen molar-refractivity contribution in [3.63, 3.8) is 0 Å². The molecule has 132 valence electrons. The normalized spacial score (nSPS) is 16.1. The summed E-state index contributed by atoms with van der Waals surface area (Å²) in [6, 6.07) is 4.82. The number of rotatable bonds is 5. The SMILES string of the molecule is CC(C)C(NC(=O)C1CCCC1)c1cc(=O)[nH]c(-c2cccnc2)n1. The molecule has 6 nitrogen and oxygen atoms in total. The first-order chi connectivity index (χ1) is 12.0. The van der Waals surface area contributed by atoms with Crippen molar-refractivity contribution in [3.8, 4) is 11.4 Å². The molecule has 1 unspecified atom stereocenters. The number of pyridine rings is 1. The minimum absolute atomic E-state index is 0.0706. The fourth-order valence-electron chi connectivity index (χ4n) is 3.32. The van der Waals surface area contributed by atoms with E-state index in [0.29, 0.717) is 11.5 Å². The zero-order valence-corrected chi connectivity index (χ0v) is 14.7. The van der Waals surface area contributed by atoms with E-state index >= 15 is 0 Å². The number of nitrogens with zero attached hydrogens (tertiary/aromatic N) is 2. The monoisotopic (exact) mass is 340 g/mol. The van der Waals surface area contributed by atoms with Crippen LogP contribution in [0.5, 0.6) is 0 Å². The van der Waals surface area contributed by atoms with Crippen molar-refractivity contribution in [1.82, 2.24) is 20.3 Å². The van der Waals surface area contributed by atoms with Gasteiger partial charge in [-0.3, -0.25) is 14.6 Å². The zero-order valence-electron chi connectivity index (χ0n) is 14.7. The van der Waals surface area contributed by atoms with Gasteiger partial charge < -0.3 is 10.3 Å². The van der Waals surface area contributed by atoms with E-state index in [0.717, 1.165) is 31.2 Å². The summed E-state index contributed by atoms with van der Waals surface area (Å²) in [5.74, 6) is 0.750. The molecule has 1 aliphatic rings. The Morgan fingerprint density at radius 1 is 1.32 bits per heavy atom. The number of aromatic amines is 1. The van der Waals surface area contributed by atoms with Gasteiger partial charge in [0, 0.05) is 29.9 Å². The fourth-order valence-corrected chi connectivity index (χ4v) is 3.32. The highest BCUT2D eigenvalue weighted by Crippen LogP contribution is 2.27. The van der Waals surface area contributed by atoms with E-state index in [1.54, 1.807) is 18.5 Å². The second-order valence-electron chi connectivity index (χ2n) is 6.97. The highest BCUT2D eigenvalue weighted by atomic mass is 16.2. The van der Waals surface area contributed by atoms with Crippen LogP contribution in [0.2, 0.25) is 0 Å². The first-order valence-corrected chi connectivity index (χ1v) is 8.86. The van der Waals surface area contributed by atoms with Gasteiger partial charge in [0.2, 0.25) is 5.91 Å². The lowest BCUT2D eigenvalue weighted by atomic mass is 9.98. The molecule has 0 aromatic carbocycles. The highest BCUT2D eigenvalue weighted by Gasteiger charge is 2.27. The van der Waals surface area contributed by atoms with Gasteiger partial charge in [-0.25, -0.2) is 4.98 Å². The second-order valence-corrected chi connectivity index (χ2v) is 6.97. The molecule has 0 radical (unpaired) electrons. The van der Waals surface area contributed by atoms with Crippen molar-refractivity contribution in [1.29, 1.82) is 0 Å². The van der Waals surface area contributed by atoms with E-state index in [4.69, 9.17) is 0 Å². The van der Waals surface area contributed by atoms with Crippen molar-refractivity contribution < 1.29 is 4.79 Å². The number of aromatic nitrogens is 3. The van der Waals surface area contributed by atoms with E-state index in [-0.39, 0.29) is 29.3 Å². The Kier molecular flexibility index (Phi) is 5.26. The molecule has 2 heterocycles. The van der Waals surface area contributed by atoms with Gasteiger partial charge in [-0.2, -0.15) is 0 Å². The maximum Gasteiger partial charge on any atom is 0.251 e.